The fourth-order valence-electron chi connectivity index (χ4n) is 2.58. The maximum Gasteiger partial charge on any atom is 0.349 e. The van der Waals surface area contributed by atoms with Gasteiger partial charge in [0.1, 0.15) is 4.88 Å². The van der Waals surface area contributed by atoms with Crippen LogP contribution >= 0.6 is 11.3 Å². The van der Waals surface area contributed by atoms with Gasteiger partial charge < -0.3 is 9.47 Å². The third kappa shape index (κ3) is 2.52. The molecule has 1 aliphatic carbocycles. The molecule has 0 N–H and O–H groups in total. The maximum atomic E-state index is 12.0. The van der Waals surface area contributed by atoms with E-state index in [9.17, 15) is 9.59 Å². The number of rotatable bonds is 2. The van der Waals surface area contributed by atoms with E-state index in [2.05, 4.69) is 6.92 Å². The molecule has 3 rings (SSSR count). The molecule has 0 radical (unpaired) electrons. The smallest absolute Gasteiger partial charge is 0.349 e. The number of carbonyl (C=O) groups excluding carboxylic acids is 2. The summed E-state index contributed by atoms with van der Waals surface area (Å²) in [6.07, 6.45) is 3.00. The summed E-state index contributed by atoms with van der Waals surface area (Å²) in [4.78, 5) is 25.2. The second kappa shape index (κ2) is 4.96. The molecule has 4 nitrogen and oxygen atoms in total. The molecule has 0 saturated carbocycles. The van der Waals surface area contributed by atoms with Crippen LogP contribution in [0.15, 0.2) is 6.07 Å². The van der Waals surface area contributed by atoms with Gasteiger partial charge in [-0.05, 0) is 36.8 Å². The van der Waals surface area contributed by atoms with E-state index in [4.69, 9.17) is 9.47 Å². The second-order valence-electron chi connectivity index (χ2n) is 5.26. The van der Waals surface area contributed by atoms with Gasteiger partial charge in [-0.2, -0.15) is 0 Å². The van der Waals surface area contributed by atoms with Gasteiger partial charge in [-0.1, -0.05) is 6.92 Å². The molecule has 0 spiro atoms. The van der Waals surface area contributed by atoms with Gasteiger partial charge in [0.25, 0.3) is 0 Å². The Bertz CT molecular complexity index is 520. The Balaban J connectivity index is 1.72. The van der Waals surface area contributed by atoms with E-state index in [1.807, 2.05) is 6.07 Å². The van der Waals surface area contributed by atoms with Crippen molar-refractivity contribution in [3.05, 3.63) is 21.4 Å². The zero-order valence-electron chi connectivity index (χ0n) is 10.8. The number of cyclic esters (lactones) is 1. The summed E-state index contributed by atoms with van der Waals surface area (Å²) in [7, 11) is 0. The molecule has 102 valence electrons. The summed E-state index contributed by atoms with van der Waals surface area (Å²) in [6.45, 7) is 2.57. The van der Waals surface area contributed by atoms with Crippen molar-refractivity contribution in [2.24, 2.45) is 5.92 Å². The first-order chi connectivity index (χ1) is 9.13. The number of fused-ring (bicyclic) bond motifs is 1. The van der Waals surface area contributed by atoms with Gasteiger partial charge in [-0.3, -0.25) is 0 Å². The molecule has 19 heavy (non-hydrogen) atoms. The van der Waals surface area contributed by atoms with E-state index < -0.39 is 18.0 Å². The van der Waals surface area contributed by atoms with Gasteiger partial charge in [0.2, 0.25) is 6.10 Å². The lowest BCUT2D eigenvalue weighted by molar-refractivity contribution is -0.145. The monoisotopic (exact) mass is 280 g/mol. The molecular formula is C14H16O4S. The highest BCUT2D eigenvalue weighted by molar-refractivity contribution is 7.14. The lowest BCUT2D eigenvalue weighted by Crippen LogP contribution is -2.22. The Hall–Kier alpha value is -1.36. The van der Waals surface area contributed by atoms with Gasteiger partial charge in [-0.25, -0.2) is 9.59 Å². The summed E-state index contributed by atoms with van der Waals surface area (Å²) < 4.78 is 10.00. The molecule has 1 aromatic rings. The Kier molecular flexibility index (Phi) is 3.31. The SMILES string of the molecule is CC1CCc2sc(C(=O)OC3CCOC3=O)cc2C1. The number of thiophene rings is 1. The average Bonchev–Trinajstić information content (AvgIpc) is 2.96. The van der Waals surface area contributed by atoms with Crippen molar-refractivity contribution < 1.29 is 19.1 Å². The van der Waals surface area contributed by atoms with Crippen LogP contribution in [0.5, 0.6) is 0 Å². The Morgan fingerprint density at radius 2 is 2.32 bits per heavy atom. The van der Waals surface area contributed by atoms with E-state index in [0.717, 1.165) is 12.8 Å². The predicted molar refractivity (Wildman–Crippen MR) is 70.3 cm³/mol. The van der Waals surface area contributed by atoms with Crippen LogP contribution in [0.3, 0.4) is 0 Å². The molecule has 2 heterocycles. The largest absolute Gasteiger partial charge is 0.463 e. The van der Waals surface area contributed by atoms with E-state index in [0.29, 0.717) is 23.8 Å². The lowest BCUT2D eigenvalue weighted by atomic mass is 9.90. The number of carbonyl (C=O) groups is 2. The van der Waals surface area contributed by atoms with Crippen LogP contribution in [0.4, 0.5) is 0 Å². The molecule has 1 aromatic heterocycles. The molecular weight excluding hydrogens is 264 g/mol. The Labute approximate surface area is 115 Å². The van der Waals surface area contributed by atoms with Gasteiger partial charge in [-0.15, -0.1) is 11.3 Å². The normalized spacial score (nSPS) is 25.8. The van der Waals surface area contributed by atoms with Crippen LogP contribution < -0.4 is 0 Å². The third-order valence-corrected chi connectivity index (χ3v) is 4.88. The second-order valence-corrected chi connectivity index (χ2v) is 6.39. The van der Waals surface area contributed by atoms with Crippen LogP contribution in [-0.2, 0) is 27.1 Å². The van der Waals surface area contributed by atoms with Gasteiger partial charge >= 0.3 is 11.9 Å². The van der Waals surface area contributed by atoms with Crippen LogP contribution in [0.1, 0.15) is 39.9 Å². The number of hydrogen-bond acceptors (Lipinski definition) is 5. The molecule has 1 aliphatic heterocycles. The Morgan fingerprint density at radius 1 is 1.47 bits per heavy atom. The summed E-state index contributed by atoms with van der Waals surface area (Å²) in [5.41, 5.74) is 1.27. The van der Waals surface area contributed by atoms with E-state index >= 15 is 0 Å². The summed E-state index contributed by atoms with van der Waals surface area (Å²) in [5, 5.41) is 0. The first kappa shape index (κ1) is 12.7. The van der Waals surface area contributed by atoms with Crippen LogP contribution in [0.2, 0.25) is 0 Å². The number of esters is 2. The number of hydrogen-bond donors (Lipinski definition) is 0. The maximum absolute atomic E-state index is 12.0. The summed E-state index contributed by atoms with van der Waals surface area (Å²) in [6, 6.07) is 1.93. The first-order valence-corrected chi connectivity index (χ1v) is 7.44. The van der Waals surface area contributed by atoms with E-state index in [1.165, 1.54) is 28.2 Å². The van der Waals surface area contributed by atoms with Crippen molar-refractivity contribution in [1.29, 1.82) is 0 Å². The highest BCUT2D eigenvalue weighted by atomic mass is 32.1. The zero-order chi connectivity index (χ0) is 13.4. The average molecular weight is 280 g/mol. The fraction of sp³-hybridized carbons (Fsp3) is 0.571. The number of ether oxygens (including phenoxy) is 2. The standard InChI is InChI=1S/C14H16O4S/c1-8-2-3-11-9(6-8)7-12(19-11)14(16)18-10-4-5-17-13(10)15/h7-8,10H,2-6H2,1H3. The molecule has 2 atom stereocenters. The lowest BCUT2D eigenvalue weighted by Gasteiger charge is -2.16. The van der Waals surface area contributed by atoms with E-state index in [1.54, 1.807) is 0 Å². The molecule has 1 fully saturated rings. The summed E-state index contributed by atoms with van der Waals surface area (Å²) in [5.74, 6) is -0.144. The predicted octanol–water partition coefficient (Wildman–Crippen LogP) is 2.35. The van der Waals surface area contributed by atoms with E-state index in [-0.39, 0.29) is 0 Å². The van der Waals surface area contributed by atoms with Crippen molar-refractivity contribution in [2.75, 3.05) is 6.61 Å². The Morgan fingerprint density at radius 3 is 3.05 bits per heavy atom. The van der Waals surface area contributed by atoms with Crippen LogP contribution in [0.25, 0.3) is 0 Å². The number of aryl methyl sites for hydroxylation is 1. The molecule has 1 saturated heterocycles. The van der Waals surface area contributed by atoms with Crippen molar-refractivity contribution in [2.45, 2.75) is 38.7 Å². The van der Waals surface area contributed by atoms with Crippen molar-refractivity contribution in [3.63, 3.8) is 0 Å². The minimum atomic E-state index is -0.717. The van der Waals surface area contributed by atoms with Crippen molar-refractivity contribution >= 4 is 23.3 Å². The molecule has 0 amide bonds. The highest BCUT2D eigenvalue weighted by Crippen LogP contribution is 2.32. The molecule has 2 aliphatic rings. The van der Waals surface area contributed by atoms with Crippen molar-refractivity contribution in [1.82, 2.24) is 0 Å². The van der Waals surface area contributed by atoms with Crippen LogP contribution in [-0.4, -0.2) is 24.6 Å². The minimum Gasteiger partial charge on any atom is -0.463 e. The topological polar surface area (TPSA) is 52.6 Å². The van der Waals surface area contributed by atoms with Gasteiger partial charge in [0, 0.05) is 11.3 Å². The fourth-order valence-corrected chi connectivity index (χ4v) is 3.67. The summed E-state index contributed by atoms with van der Waals surface area (Å²) >= 11 is 1.50. The van der Waals surface area contributed by atoms with Gasteiger partial charge in [0.15, 0.2) is 0 Å². The highest BCUT2D eigenvalue weighted by Gasteiger charge is 2.31. The zero-order valence-corrected chi connectivity index (χ0v) is 11.6. The quantitative estimate of drug-likeness (QED) is 0.780. The first-order valence-electron chi connectivity index (χ1n) is 6.62. The van der Waals surface area contributed by atoms with Crippen LogP contribution in [0, 0.1) is 5.92 Å². The molecule has 0 bridgehead atoms. The van der Waals surface area contributed by atoms with Gasteiger partial charge in [0.05, 0.1) is 6.61 Å². The molecule has 2 unspecified atom stereocenters. The van der Waals surface area contributed by atoms with Crippen molar-refractivity contribution in [3.8, 4) is 0 Å². The molecule has 0 aromatic carbocycles. The third-order valence-electron chi connectivity index (χ3n) is 3.67. The minimum absolute atomic E-state index is 0.342. The molecule has 5 heteroatoms.